The number of carbonyl (C=O) groups is 2. The molecule has 5 nitrogen and oxygen atoms in total. The van der Waals surface area contributed by atoms with E-state index in [0.717, 1.165) is 11.3 Å². The third-order valence-corrected chi connectivity index (χ3v) is 3.56. The molecule has 2 N–H and O–H groups in total. The molecule has 0 radical (unpaired) electrons. The molecule has 0 spiro atoms. The van der Waals surface area contributed by atoms with E-state index in [1.165, 1.54) is 0 Å². The molecule has 1 amide bonds. The van der Waals surface area contributed by atoms with Gasteiger partial charge in [0.2, 0.25) is 5.91 Å². The molecule has 5 heteroatoms. The number of carboxylic acids is 1. The molecule has 0 saturated carbocycles. The zero-order chi connectivity index (χ0) is 17.4. The van der Waals surface area contributed by atoms with Gasteiger partial charge in [-0.2, -0.15) is 0 Å². The van der Waals surface area contributed by atoms with Gasteiger partial charge in [0, 0.05) is 12.1 Å². The number of ether oxygens (including phenoxy) is 1. The molecule has 2 aromatic rings. The van der Waals surface area contributed by atoms with Crippen molar-refractivity contribution in [3.05, 3.63) is 60.2 Å². The molecule has 0 saturated heterocycles. The van der Waals surface area contributed by atoms with Gasteiger partial charge in [0.05, 0.1) is 12.5 Å². The van der Waals surface area contributed by atoms with Crippen molar-refractivity contribution < 1.29 is 19.4 Å². The van der Waals surface area contributed by atoms with Crippen LogP contribution in [0.2, 0.25) is 0 Å². The van der Waals surface area contributed by atoms with E-state index in [4.69, 9.17) is 4.74 Å². The Kier molecular flexibility index (Phi) is 6.37. The van der Waals surface area contributed by atoms with E-state index in [-0.39, 0.29) is 12.3 Å². The molecule has 0 heterocycles. The Morgan fingerprint density at radius 1 is 1.08 bits per heavy atom. The van der Waals surface area contributed by atoms with Crippen LogP contribution in [0.25, 0.3) is 0 Å². The van der Waals surface area contributed by atoms with Crippen molar-refractivity contribution in [3.63, 3.8) is 0 Å². The second-order valence-corrected chi connectivity index (χ2v) is 5.43. The molecule has 0 aliphatic carbocycles. The van der Waals surface area contributed by atoms with Gasteiger partial charge in [-0.15, -0.1) is 0 Å². The van der Waals surface area contributed by atoms with Gasteiger partial charge in [-0.1, -0.05) is 30.3 Å². The first-order valence-corrected chi connectivity index (χ1v) is 7.88. The van der Waals surface area contributed by atoms with Gasteiger partial charge in [0.25, 0.3) is 0 Å². The Balaban J connectivity index is 1.94. The summed E-state index contributed by atoms with van der Waals surface area (Å²) in [5.74, 6) is -1.32. The molecule has 0 fully saturated rings. The smallest absolute Gasteiger partial charge is 0.307 e. The lowest BCUT2D eigenvalue weighted by Gasteiger charge is -2.13. The number of hydrogen-bond acceptors (Lipinski definition) is 3. The van der Waals surface area contributed by atoms with Gasteiger partial charge in [0.1, 0.15) is 5.75 Å². The lowest BCUT2D eigenvalue weighted by atomic mass is 9.96. The van der Waals surface area contributed by atoms with Crippen LogP contribution < -0.4 is 10.1 Å². The van der Waals surface area contributed by atoms with E-state index in [0.29, 0.717) is 18.7 Å². The molecular weight excluding hydrogens is 306 g/mol. The topological polar surface area (TPSA) is 75.6 Å². The molecule has 0 aliphatic heterocycles. The van der Waals surface area contributed by atoms with E-state index < -0.39 is 11.9 Å². The summed E-state index contributed by atoms with van der Waals surface area (Å²) in [6, 6.07) is 16.3. The highest BCUT2D eigenvalue weighted by molar-refractivity contribution is 5.93. The number of amides is 1. The van der Waals surface area contributed by atoms with Crippen molar-refractivity contribution >= 4 is 17.6 Å². The summed E-state index contributed by atoms with van der Waals surface area (Å²) in [5.41, 5.74) is 1.52. The van der Waals surface area contributed by atoms with Gasteiger partial charge in [0.15, 0.2) is 0 Å². The summed E-state index contributed by atoms with van der Waals surface area (Å²) in [6.45, 7) is 2.47. The van der Waals surface area contributed by atoms with Gasteiger partial charge in [-0.25, -0.2) is 0 Å². The first-order valence-electron chi connectivity index (χ1n) is 7.88. The minimum absolute atomic E-state index is 0.0720. The molecule has 0 unspecified atom stereocenters. The number of aliphatic carboxylic acids is 1. The summed E-state index contributed by atoms with van der Waals surface area (Å²) in [7, 11) is 0. The van der Waals surface area contributed by atoms with Crippen LogP contribution in [0, 0.1) is 5.92 Å². The van der Waals surface area contributed by atoms with Crippen molar-refractivity contribution in [2.75, 3.05) is 11.9 Å². The molecule has 2 rings (SSSR count). The minimum atomic E-state index is -0.972. The highest BCUT2D eigenvalue weighted by Crippen LogP contribution is 2.18. The zero-order valence-electron chi connectivity index (χ0n) is 13.6. The van der Waals surface area contributed by atoms with Crippen LogP contribution in [0.4, 0.5) is 5.69 Å². The molecule has 1 atom stereocenters. The second-order valence-electron chi connectivity index (χ2n) is 5.43. The highest BCUT2D eigenvalue weighted by Gasteiger charge is 2.21. The van der Waals surface area contributed by atoms with Crippen LogP contribution in [0.5, 0.6) is 5.75 Å². The first kappa shape index (κ1) is 17.5. The molecule has 0 aromatic heterocycles. The highest BCUT2D eigenvalue weighted by atomic mass is 16.5. The van der Waals surface area contributed by atoms with Crippen molar-refractivity contribution in [1.29, 1.82) is 0 Å². The molecule has 0 bridgehead atoms. The second kappa shape index (κ2) is 8.72. The predicted molar refractivity (Wildman–Crippen MR) is 92.1 cm³/mol. The molecular formula is C19H21NO4. The quantitative estimate of drug-likeness (QED) is 0.779. The molecule has 24 heavy (non-hydrogen) atoms. The summed E-state index contributed by atoms with van der Waals surface area (Å²) in [5, 5.41) is 12.1. The standard InChI is InChI=1S/C19H21NO4/c1-2-24-17-10-8-16(9-11-17)20-18(21)13-15(19(22)23)12-14-6-4-3-5-7-14/h3-11,15H,2,12-13H2,1H3,(H,20,21)(H,22,23)/t15-/m1/s1. The summed E-state index contributed by atoms with van der Waals surface area (Å²) >= 11 is 0. The Morgan fingerprint density at radius 3 is 2.33 bits per heavy atom. The normalized spacial score (nSPS) is 11.5. The Hall–Kier alpha value is -2.82. The maximum atomic E-state index is 12.1. The Bertz CT molecular complexity index is 668. The number of anilines is 1. The monoisotopic (exact) mass is 327 g/mol. The van der Waals surface area contributed by atoms with Gasteiger partial charge < -0.3 is 15.2 Å². The fraction of sp³-hybridized carbons (Fsp3) is 0.263. The van der Waals surface area contributed by atoms with Crippen molar-refractivity contribution in [2.45, 2.75) is 19.8 Å². The largest absolute Gasteiger partial charge is 0.494 e. The summed E-state index contributed by atoms with van der Waals surface area (Å²) in [6.07, 6.45) is 0.254. The SMILES string of the molecule is CCOc1ccc(NC(=O)C[C@@H](Cc2ccccc2)C(=O)O)cc1. The lowest BCUT2D eigenvalue weighted by molar-refractivity contribution is -0.143. The van der Waals surface area contributed by atoms with E-state index >= 15 is 0 Å². The molecule has 2 aromatic carbocycles. The van der Waals surface area contributed by atoms with E-state index in [9.17, 15) is 14.7 Å². The number of nitrogens with one attached hydrogen (secondary N) is 1. The van der Waals surface area contributed by atoms with Crippen molar-refractivity contribution in [2.24, 2.45) is 5.92 Å². The van der Waals surface area contributed by atoms with Crippen LogP contribution in [0.3, 0.4) is 0 Å². The van der Waals surface area contributed by atoms with Crippen LogP contribution in [-0.4, -0.2) is 23.6 Å². The molecule has 126 valence electrons. The van der Waals surface area contributed by atoms with Crippen molar-refractivity contribution in [3.8, 4) is 5.75 Å². The predicted octanol–water partition coefficient (Wildman–Crippen LogP) is 3.36. The van der Waals surface area contributed by atoms with E-state index in [2.05, 4.69) is 5.32 Å². The fourth-order valence-electron chi connectivity index (χ4n) is 2.38. The average Bonchev–Trinajstić information content (AvgIpc) is 2.57. The van der Waals surface area contributed by atoms with Crippen LogP contribution >= 0.6 is 0 Å². The maximum Gasteiger partial charge on any atom is 0.307 e. The average molecular weight is 327 g/mol. The maximum absolute atomic E-state index is 12.1. The van der Waals surface area contributed by atoms with E-state index in [1.807, 2.05) is 37.3 Å². The molecule has 0 aliphatic rings. The zero-order valence-corrected chi connectivity index (χ0v) is 13.6. The Morgan fingerprint density at radius 2 is 1.75 bits per heavy atom. The van der Waals surface area contributed by atoms with Gasteiger partial charge in [-0.05, 0) is 43.2 Å². The Labute approximate surface area is 141 Å². The summed E-state index contributed by atoms with van der Waals surface area (Å²) in [4.78, 5) is 23.5. The minimum Gasteiger partial charge on any atom is -0.494 e. The van der Waals surface area contributed by atoms with Gasteiger partial charge in [-0.3, -0.25) is 9.59 Å². The van der Waals surface area contributed by atoms with Crippen LogP contribution in [0.1, 0.15) is 18.9 Å². The fourth-order valence-corrected chi connectivity index (χ4v) is 2.38. The first-order chi connectivity index (χ1) is 11.6. The van der Waals surface area contributed by atoms with E-state index in [1.54, 1.807) is 24.3 Å². The lowest BCUT2D eigenvalue weighted by Crippen LogP contribution is -2.24. The number of rotatable bonds is 8. The van der Waals surface area contributed by atoms with Crippen LogP contribution in [0.15, 0.2) is 54.6 Å². The number of carboxylic acid groups (broad SMARTS) is 1. The number of hydrogen-bond donors (Lipinski definition) is 2. The number of benzene rings is 2. The summed E-state index contributed by atoms with van der Waals surface area (Å²) < 4.78 is 5.34. The van der Waals surface area contributed by atoms with Gasteiger partial charge >= 0.3 is 5.97 Å². The van der Waals surface area contributed by atoms with Crippen LogP contribution in [-0.2, 0) is 16.0 Å². The third-order valence-electron chi connectivity index (χ3n) is 3.56. The third kappa shape index (κ3) is 5.43. The number of carbonyl (C=O) groups excluding carboxylic acids is 1. The van der Waals surface area contributed by atoms with Crippen molar-refractivity contribution in [1.82, 2.24) is 0 Å².